The summed E-state index contributed by atoms with van der Waals surface area (Å²) in [7, 11) is 1.00. The Morgan fingerprint density at radius 1 is 1.00 bits per heavy atom. The fourth-order valence-electron chi connectivity index (χ4n) is 0.846. The molecule has 0 aliphatic carbocycles. The number of hydrogen-bond acceptors (Lipinski definition) is 3. The Morgan fingerprint density at radius 2 is 1.23 bits per heavy atom. The Kier molecular flexibility index (Phi) is 6.14. The van der Waals surface area contributed by atoms with Crippen LogP contribution >= 0.6 is 0 Å². The van der Waals surface area contributed by atoms with Crippen LogP contribution in [0.3, 0.4) is 0 Å². The molecular weight excluding hydrogens is 176 g/mol. The van der Waals surface area contributed by atoms with Gasteiger partial charge in [-0.05, 0) is 5.41 Å². The van der Waals surface area contributed by atoms with E-state index >= 15 is 0 Å². The van der Waals surface area contributed by atoms with Crippen molar-refractivity contribution >= 4 is 11.9 Å². The normalized spacial score (nSPS) is 10.3. The molecule has 0 aromatic heterocycles. The summed E-state index contributed by atoms with van der Waals surface area (Å²) >= 11 is 0. The van der Waals surface area contributed by atoms with Gasteiger partial charge in [0, 0.05) is 7.11 Å². The van der Waals surface area contributed by atoms with E-state index in [2.05, 4.69) is 0 Å². The molecule has 0 aromatic rings. The molecule has 0 unspecified atom stereocenters. The van der Waals surface area contributed by atoms with Gasteiger partial charge in [0.05, 0.1) is 0 Å². The molecule has 0 aromatic carbocycles. The van der Waals surface area contributed by atoms with Crippen molar-refractivity contribution in [3.8, 4) is 0 Å². The van der Waals surface area contributed by atoms with E-state index in [1.54, 1.807) is 20.8 Å². The van der Waals surface area contributed by atoms with E-state index in [4.69, 9.17) is 15.3 Å². The molecular formula is C8H16O5. The smallest absolute Gasteiger partial charge is 0.318 e. The quantitative estimate of drug-likeness (QED) is 0.551. The highest BCUT2D eigenvalue weighted by molar-refractivity contribution is 5.93. The molecule has 0 aliphatic heterocycles. The van der Waals surface area contributed by atoms with Crippen LogP contribution in [-0.2, 0) is 9.59 Å². The lowest BCUT2D eigenvalue weighted by Gasteiger charge is -2.22. The average molecular weight is 192 g/mol. The van der Waals surface area contributed by atoms with Crippen LogP contribution in [0.5, 0.6) is 0 Å². The first kappa shape index (κ1) is 14.4. The van der Waals surface area contributed by atoms with Crippen molar-refractivity contribution in [2.24, 2.45) is 11.3 Å². The summed E-state index contributed by atoms with van der Waals surface area (Å²) in [5.74, 6) is -3.91. The lowest BCUT2D eigenvalue weighted by atomic mass is 9.81. The predicted octanol–water partition coefficient (Wildman–Crippen LogP) is 0.426. The van der Waals surface area contributed by atoms with Gasteiger partial charge in [-0.1, -0.05) is 20.8 Å². The Bertz CT molecular complexity index is 165. The highest BCUT2D eigenvalue weighted by Gasteiger charge is 2.37. The summed E-state index contributed by atoms with van der Waals surface area (Å²) in [5, 5.41) is 24.0. The Morgan fingerprint density at radius 3 is 1.23 bits per heavy atom. The fourth-order valence-corrected chi connectivity index (χ4v) is 0.846. The number of aliphatic hydroxyl groups excluding tert-OH is 1. The van der Waals surface area contributed by atoms with Crippen LogP contribution in [0.15, 0.2) is 0 Å². The molecule has 0 saturated heterocycles. The van der Waals surface area contributed by atoms with Crippen molar-refractivity contribution in [1.82, 2.24) is 0 Å². The van der Waals surface area contributed by atoms with Crippen LogP contribution < -0.4 is 0 Å². The molecule has 0 atom stereocenters. The van der Waals surface area contributed by atoms with E-state index in [0.29, 0.717) is 0 Å². The summed E-state index contributed by atoms with van der Waals surface area (Å²) in [6.07, 6.45) is 0. The molecule has 0 saturated carbocycles. The molecule has 0 heterocycles. The fraction of sp³-hybridized carbons (Fsp3) is 0.750. The monoisotopic (exact) mass is 192 g/mol. The third kappa shape index (κ3) is 5.19. The van der Waals surface area contributed by atoms with Gasteiger partial charge in [-0.2, -0.15) is 0 Å². The van der Waals surface area contributed by atoms with Crippen molar-refractivity contribution < 1.29 is 24.9 Å². The van der Waals surface area contributed by atoms with Crippen molar-refractivity contribution in [3.05, 3.63) is 0 Å². The number of aliphatic carboxylic acids is 2. The summed E-state index contributed by atoms with van der Waals surface area (Å²) in [6.45, 7) is 4.75. The first-order valence-electron chi connectivity index (χ1n) is 3.67. The molecule has 0 bridgehead atoms. The molecule has 78 valence electrons. The Hall–Kier alpha value is -1.10. The van der Waals surface area contributed by atoms with Crippen LogP contribution in [0, 0.1) is 11.3 Å². The number of rotatable bonds is 2. The first-order chi connectivity index (χ1) is 5.76. The second-order valence-corrected chi connectivity index (χ2v) is 3.48. The minimum Gasteiger partial charge on any atom is -0.481 e. The van der Waals surface area contributed by atoms with E-state index in [1.807, 2.05) is 0 Å². The molecule has 0 fully saturated rings. The van der Waals surface area contributed by atoms with Gasteiger partial charge in [0.15, 0.2) is 5.92 Å². The zero-order valence-corrected chi connectivity index (χ0v) is 8.24. The molecule has 13 heavy (non-hydrogen) atoms. The Balaban J connectivity index is 0. The zero-order chi connectivity index (χ0) is 11.2. The lowest BCUT2D eigenvalue weighted by molar-refractivity contribution is -0.159. The highest BCUT2D eigenvalue weighted by Crippen LogP contribution is 2.25. The SMILES string of the molecule is CC(C)(C)C(C(=O)O)C(=O)O.CO. The standard InChI is InChI=1S/C7H12O4.CH4O/c1-7(2,3)4(5(8)9)6(10)11;1-2/h4H,1-3H3,(H,8,9)(H,10,11);2H,1H3. The van der Waals surface area contributed by atoms with Gasteiger partial charge < -0.3 is 15.3 Å². The second-order valence-electron chi connectivity index (χ2n) is 3.48. The van der Waals surface area contributed by atoms with Crippen LogP contribution in [0.2, 0.25) is 0 Å². The van der Waals surface area contributed by atoms with E-state index in [-0.39, 0.29) is 0 Å². The van der Waals surface area contributed by atoms with Crippen LogP contribution in [0.4, 0.5) is 0 Å². The van der Waals surface area contributed by atoms with Gasteiger partial charge in [0.2, 0.25) is 0 Å². The molecule has 3 N–H and O–H groups in total. The highest BCUT2D eigenvalue weighted by atomic mass is 16.4. The van der Waals surface area contributed by atoms with E-state index in [0.717, 1.165) is 7.11 Å². The number of carbonyl (C=O) groups is 2. The molecule has 5 heteroatoms. The summed E-state index contributed by atoms with van der Waals surface area (Å²) < 4.78 is 0. The zero-order valence-electron chi connectivity index (χ0n) is 8.24. The van der Waals surface area contributed by atoms with Gasteiger partial charge in [0.25, 0.3) is 0 Å². The van der Waals surface area contributed by atoms with Gasteiger partial charge in [-0.15, -0.1) is 0 Å². The molecule has 0 radical (unpaired) electrons. The van der Waals surface area contributed by atoms with Gasteiger partial charge in [-0.25, -0.2) is 0 Å². The van der Waals surface area contributed by atoms with Gasteiger partial charge in [0.1, 0.15) is 0 Å². The molecule has 0 rings (SSSR count). The molecule has 5 nitrogen and oxygen atoms in total. The number of hydrogen-bond donors (Lipinski definition) is 3. The first-order valence-corrected chi connectivity index (χ1v) is 3.67. The predicted molar refractivity (Wildman–Crippen MR) is 46.4 cm³/mol. The number of carboxylic acid groups (broad SMARTS) is 2. The van der Waals surface area contributed by atoms with Crippen molar-refractivity contribution in [3.63, 3.8) is 0 Å². The molecule has 0 aliphatic rings. The largest absolute Gasteiger partial charge is 0.481 e. The second kappa shape index (κ2) is 5.53. The average Bonchev–Trinajstić information content (AvgIpc) is 1.85. The summed E-state index contributed by atoms with van der Waals surface area (Å²) in [5.41, 5.74) is -0.738. The van der Waals surface area contributed by atoms with Crippen molar-refractivity contribution in [1.29, 1.82) is 0 Å². The van der Waals surface area contributed by atoms with E-state index in [9.17, 15) is 9.59 Å². The third-order valence-electron chi connectivity index (χ3n) is 1.36. The number of carboxylic acids is 2. The van der Waals surface area contributed by atoms with Gasteiger partial charge in [-0.3, -0.25) is 9.59 Å². The maximum Gasteiger partial charge on any atom is 0.318 e. The van der Waals surface area contributed by atoms with E-state index < -0.39 is 23.3 Å². The maximum absolute atomic E-state index is 10.4. The third-order valence-corrected chi connectivity index (χ3v) is 1.36. The van der Waals surface area contributed by atoms with Crippen LogP contribution in [-0.4, -0.2) is 34.4 Å². The Labute approximate surface area is 77.0 Å². The topological polar surface area (TPSA) is 94.8 Å². The minimum atomic E-state index is -1.33. The summed E-state index contributed by atoms with van der Waals surface area (Å²) in [6, 6.07) is 0. The summed E-state index contributed by atoms with van der Waals surface area (Å²) in [4.78, 5) is 20.8. The molecule has 0 spiro atoms. The van der Waals surface area contributed by atoms with Crippen LogP contribution in [0.25, 0.3) is 0 Å². The maximum atomic E-state index is 10.4. The van der Waals surface area contributed by atoms with Crippen molar-refractivity contribution in [2.45, 2.75) is 20.8 Å². The van der Waals surface area contributed by atoms with Gasteiger partial charge >= 0.3 is 11.9 Å². The lowest BCUT2D eigenvalue weighted by Crippen LogP contribution is -2.35. The van der Waals surface area contributed by atoms with E-state index in [1.165, 1.54) is 0 Å². The minimum absolute atomic E-state index is 0.738. The molecule has 0 amide bonds. The van der Waals surface area contributed by atoms with Crippen LogP contribution in [0.1, 0.15) is 20.8 Å². The number of aliphatic hydroxyl groups is 1. The van der Waals surface area contributed by atoms with Crippen molar-refractivity contribution in [2.75, 3.05) is 7.11 Å².